The van der Waals surface area contributed by atoms with Crippen molar-refractivity contribution >= 4 is 29.4 Å². The Hall–Kier alpha value is -3.67. The van der Waals surface area contributed by atoms with Crippen molar-refractivity contribution in [2.45, 2.75) is 52.3 Å². The van der Waals surface area contributed by atoms with Crippen molar-refractivity contribution in [1.29, 1.82) is 5.41 Å². The fraction of sp³-hybridized carbons (Fsp3) is 0.346. The number of aldehydes is 1. The number of nitrogens with one attached hydrogen (secondary N) is 2. The zero-order valence-corrected chi connectivity index (χ0v) is 20.1. The third-order valence-electron chi connectivity index (χ3n) is 5.33. The number of amidine groups is 1. The van der Waals surface area contributed by atoms with Gasteiger partial charge in [-0.25, -0.2) is 0 Å². The minimum absolute atomic E-state index is 0.0280. The molecule has 0 saturated carbocycles. The van der Waals surface area contributed by atoms with Crippen LogP contribution in [0.1, 0.15) is 48.9 Å². The third-order valence-corrected chi connectivity index (χ3v) is 5.33. The van der Waals surface area contributed by atoms with Crippen molar-refractivity contribution in [3.05, 3.63) is 58.7 Å². The molecule has 0 aliphatic rings. The Labute approximate surface area is 200 Å². The molecule has 34 heavy (non-hydrogen) atoms. The first-order valence-electron chi connectivity index (χ1n) is 11.0. The highest BCUT2D eigenvalue weighted by molar-refractivity contribution is 5.95. The number of carbonyl (C=O) groups excluding carboxylic acids is 2. The van der Waals surface area contributed by atoms with Crippen LogP contribution in [0.2, 0.25) is 0 Å². The molecule has 2 aromatic rings. The number of hydrogen-bond acceptors (Lipinski definition) is 6. The molecule has 8 nitrogen and oxygen atoms in total. The lowest BCUT2D eigenvalue weighted by atomic mass is 10.0. The van der Waals surface area contributed by atoms with E-state index in [2.05, 4.69) is 17.2 Å². The molecule has 0 heterocycles. The number of hydrogen-bond donors (Lipinski definition) is 5. The van der Waals surface area contributed by atoms with E-state index in [0.29, 0.717) is 12.1 Å². The van der Waals surface area contributed by atoms with E-state index in [1.54, 1.807) is 17.0 Å². The first kappa shape index (κ1) is 26.6. The second kappa shape index (κ2) is 11.5. The molecule has 1 unspecified atom stereocenters. The zero-order valence-electron chi connectivity index (χ0n) is 20.1. The summed E-state index contributed by atoms with van der Waals surface area (Å²) in [6.07, 6.45) is 0.0481. The SMILES string of the molecule is Cc1cc(N(C(=O)CCC(N)(O)C=O)C(C)C)c(C)cc1C#CCNc1ccc(C(=N)N)cc1. The minimum atomic E-state index is -2.01. The van der Waals surface area contributed by atoms with Gasteiger partial charge in [-0.05, 0) is 75.2 Å². The number of nitrogen functional groups attached to an aromatic ring is 1. The van der Waals surface area contributed by atoms with Crippen LogP contribution in [-0.4, -0.2) is 41.4 Å². The summed E-state index contributed by atoms with van der Waals surface area (Å²) < 4.78 is 0. The maximum Gasteiger partial charge on any atom is 0.227 e. The lowest BCUT2D eigenvalue weighted by molar-refractivity contribution is -0.126. The van der Waals surface area contributed by atoms with E-state index in [9.17, 15) is 14.7 Å². The Morgan fingerprint density at radius 1 is 1.24 bits per heavy atom. The molecule has 1 amide bonds. The molecule has 0 fully saturated rings. The van der Waals surface area contributed by atoms with E-state index < -0.39 is 5.72 Å². The molecule has 0 aliphatic heterocycles. The van der Waals surface area contributed by atoms with Crippen LogP contribution in [0.15, 0.2) is 36.4 Å². The number of aryl methyl sites for hydroxylation is 2. The fourth-order valence-corrected chi connectivity index (χ4v) is 3.44. The topological polar surface area (TPSA) is 146 Å². The van der Waals surface area contributed by atoms with Gasteiger partial charge in [-0.1, -0.05) is 11.8 Å². The van der Waals surface area contributed by atoms with Gasteiger partial charge in [-0.15, -0.1) is 0 Å². The molecule has 0 bridgehead atoms. The van der Waals surface area contributed by atoms with Crippen LogP contribution in [0.5, 0.6) is 0 Å². The second-order valence-electron chi connectivity index (χ2n) is 8.57. The van der Waals surface area contributed by atoms with Gasteiger partial charge in [0.1, 0.15) is 5.84 Å². The largest absolute Gasteiger partial charge is 0.384 e. The molecule has 2 aromatic carbocycles. The minimum Gasteiger partial charge on any atom is -0.384 e. The predicted molar refractivity (Wildman–Crippen MR) is 136 cm³/mol. The van der Waals surface area contributed by atoms with Crippen LogP contribution in [0.4, 0.5) is 11.4 Å². The molecular weight excluding hydrogens is 430 g/mol. The van der Waals surface area contributed by atoms with Gasteiger partial charge in [0.2, 0.25) is 5.91 Å². The molecule has 8 heteroatoms. The monoisotopic (exact) mass is 463 g/mol. The summed E-state index contributed by atoms with van der Waals surface area (Å²) >= 11 is 0. The molecule has 0 aliphatic carbocycles. The molecule has 1 atom stereocenters. The Kier molecular flexibility index (Phi) is 8.96. The number of aliphatic hydroxyl groups is 1. The number of nitrogens with zero attached hydrogens (tertiary/aromatic N) is 1. The van der Waals surface area contributed by atoms with Crippen molar-refractivity contribution in [2.24, 2.45) is 11.5 Å². The first-order chi connectivity index (χ1) is 15.9. The molecular formula is C26H33N5O3. The highest BCUT2D eigenvalue weighted by Crippen LogP contribution is 2.27. The molecule has 0 aromatic heterocycles. The van der Waals surface area contributed by atoms with E-state index >= 15 is 0 Å². The summed E-state index contributed by atoms with van der Waals surface area (Å²) in [7, 11) is 0. The average Bonchev–Trinajstić information content (AvgIpc) is 2.78. The second-order valence-corrected chi connectivity index (χ2v) is 8.57. The van der Waals surface area contributed by atoms with Crippen molar-refractivity contribution in [3.63, 3.8) is 0 Å². The third kappa shape index (κ3) is 7.17. The molecule has 2 rings (SSSR count). The molecule has 7 N–H and O–H groups in total. The normalized spacial score (nSPS) is 12.3. The summed E-state index contributed by atoms with van der Waals surface area (Å²) in [5.41, 5.74) is 13.9. The van der Waals surface area contributed by atoms with Crippen LogP contribution < -0.4 is 21.7 Å². The van der Waals surface area contributed by atoms with E-state index in [1.165, 1.54) is 0 Å². The lowest BCUT2D eigenvalue weighted by Gasteiger charge is -2.30. The van der Waals surface area contributed by atoms with Crippen molar-refractivity contribution < 1.29 is 14.7 Å². The van der Waals surface area contributed by atoms with Gasteiger partial charge in [0.25, 0.3) is 0 Å². The number of carbonyl (C=O) groups is 2. The standard InChI is InChI=1S/C26H33N5O3/c1-17(2)31(24(33)11-12-26(29,34)16-32)23-15-18(3)21(14-19(23)4)6-5-13-30-22-9-7-20(8-10-22)25(27)28/h7-10,14-17,30,34H,11-13,29H2,1-4H3,(H3,27,28). The van der Waals surface area contributed by atoms with Gasteiger partial charge < -0.3 is 21.1 Å². The van der Waals surface area contributed by atoms with Crippen molar-refractivity contribution in [3.8, 4) is 11.8 Å². The highest BCUT2D eigenvalue weighted by Gasteiger charge is 2.26. The molecule has 0 saturated heterocycles. The Bertz CT molecular complexity index is 1110. The quantitative estimate of drug-likeness (QED) is 0.127. The zero-order chi connectivity index (χ0) is 25.5. The van der Waals surface area contributed by atoms with Gasteiger partial charge >= 0.3 is 0 Å². The summed E-state index contributed by atoms with van der Waals surface area (Å²) in [5.74, 6) is 6.09. The smallest absolute Gasteiger partial charge is 0.227 e. The van der Waals surface area contributed by atoms with E-state index in [0.717, 1.165) is 28.1 Å². The van der Waals surface area contributed by atoms with Gasteiger partial charge in [-0.2, -0.15) is 0 Å². The van der Waals surface area contributed by atoms with Crippen LogP contribution in [0.3, 0.4) is 0 Å². The van der Waals surface area contributed by atoms with E-state index in [1.807, 2.05) is 52.0 Å². The number of nitrogens with two attached hydrogens (primary N) is 2. The van der Waals surface area contributed by atoms with Crippen LogP contribution in [-0.2, 0) is 9.59 Å². The van der Waals surface area contributed by atoms with E-state index in [4.69, 9.17) is 16.9 Å². The molecule has 180 valence electrons. The van der Waals surface area contributed by atoms with Crippen LogP contribution in [0, 0.1) is 31.1 Å². The van der Waals surface area contributed by atoms with Crippen LogP contribution in [0.25, 0.3) is 0 Å². The number of rotatable bonds is 9. The summed E-state index contributed by atoms with van der Waals surface area (Å²) in [6.45, 7) is 8.11. The molecule has 0 radical (unpaired) electrons. The number of amides is 1. The van der Waals surface area contributed by atoms with E-state index in [-0.39, 0.29) is 36.9 Å². The lowest BCUT2D eigenvalue weighted by Crippen LogP contribution is -2.44. The number of benzene rings is 2. The van der Waals surface area contributed by atoms with Gasteiger partial charge in [-0.3, -0.25) is 20.7 Å². The predicted octanol–water partition coefficient (Wildman–Crippen LogP) is 2.42. The van der Waals surface area contributed by atoms with Crippen LogP contribution >= 0.6 is 0 Å². The Morgan fingerprint density at radius 3 is 2.44 bits per heavy atom. The summed E-state index contributed by atoms with van der Waals surface area (Å²) in [5, 5.41) is 20.4. The maximum atomic E-state index is 12.9. The van der Waals surface area contributed by atoms with Gasteiger partial charge in [0, 0.05) is 41.4 Å². The van der Waals surface area contributed by atoms with Crippen molar-refractivity contribution in [2.75, 3.05) is 16.8 Å². The maximum absolute atomic E-state index is 12.9. The summed E-state index contributed by atoms with van der Waals surface area (Å²) in [4.78, 5) is 25.4. The van der Waals surface area contributed by atoms with Crippen molar-refractivity contribution in [1.82, 2.24) is 0 Å². The Morgan fingerprint density at radius 2 is 1.88 bits per heavy atom. The average molecular weight is 464 g/mol. The first-order valence-corrected chi connectivity index (χ1v) is 11.0. The Balaban J connectivity index is 2.14. The van der Waals surface area contributed by atoms with Gasteiger partial charge in [0.15, 0.2) is 12.0 Å². The fourth-order valence-electron chi connectivity index (χ4n) is 3.44. The summed E-state index contributed by atoms with van der Waals surface area (Å²) in [6, 6.07) is 11.0. The highest BCUT2D eigenvalue weighted by atomic mass is 16.3. The molecule has 0 spiro atoms. The number of anilines is 2. The van der Waals surface area contributed by atoms with Gasteiger partial charge in [0.05, 0.1) is 6.54 Å².